The molecule has 2 aromatic heterocycles. The summed E-state index contributed by atoms with van der Waals surface area (Å²) in [6, 6.07) is 20.6. The van der Waals surface area contributed by atoms with Crippen molar-refractivity contribution >= 4 is 34.3 Å². The molecule has 1 aliphatic heterocycles. The van der Waals surface area contributed by atoms with Gasteiger partial charge < -0.3 is 4.74 Å². The van der Waals surface area contributed by atoms with Crippen LogP contribution in [0.1, 0.15) is 31.1 Å². The molecule has 3 heterocycles. The van der Waals surface area contributed by atoms with Gasteiger partial charge in [-0.2, -0.15) is 0 Å². The highest BCUT2D eigenvalue weighted by molar-refractivity contribution is 7.07. The molecule has 0 fully saturated rings. The zero-order chi connectivity index (χ0) is 22.9. The van der Waals surface area contributed by atoms with Crippen LogP contribution in [-0.4, -0.2) is 22.1 Å². The van der Waals surface area contributed by atoms with Gasteiger partial charge in [-0.1, -0.05) is 65.9 Å². The second-order valence-corrected chi connectivity index (χ2v) is 8.65. The van der Waals surface area contributed by atoms with Crippen molar-refractivity contribution in [1.29, 1.82) is 0 Å². The van der Waals surface area contributed by atoms with Crippen LogP contribution in [0.15, 0.2) is 87.8 Å². The first-order chi connectivity index (χ1) is 16.1. The number of benzene rings is 2. The van der Waals surface area contributed by atoms with Crippen molar-refractivity contribution in [3.63, 3.8) is 0 Å². The van der Waals surface area contributed by atoms with E-state index in [1.165, 1.54) is 11.3 Å². The fourth-order valence-corrected chi connectivity index (χ4v) is 5.07. The molecule has 0 saturated carbocycles. The summed E-state index contributed by atoms with van der Waals surface area (Å²) >= 11 is 1.29. The number of aromatic nitrogens is 2. The first-order valence-electron chi connectivity index (χ1n) is 10.7. The lowest BCUT2D eigenvalue weighted by Crippen LogP contribution is -2.39. The van der Waals surface area contributed by atoms with Crippen molar-refractivity contribution in [2.45, 2.75) is 19.9 Å². The van der Waals surface area contributed by atoms with Crippen LogP contribution in [-0.2, 0) is 9.53 Å². The Bertz CT molecular complexity index is 1580. The van der Waals surface area contributed by atoms with E-state index in [-0.39, 0.29) is 12.2 Å². The summed E-state index contributed by atoms with van der Waals surface area (Å²) in [6.45, 7) is 3.79. The quantitative estimate of drug-likeness (QED) is 0.443. The SMILES string of the molecule is CCOC(=O)C1=C(C)N=c2s/c(=C\c3ccc4ccccc4n3)c(=O)n2[C@@H]1c1ccccc1. The molecule has 7 heteroatoms. The number of fused-ring (bicyclic) bond motifs is 2. The number of ether oxygens (including phenoxy) is 1. The molecule has 0 bridgehead atoms. The third-order valence-electron chi connectivity index (χ3n) is 5.53. The minimum atomic E-state index is -0.604. The Kier molecular flexibility index (Phi) is 5.48. The third-order valence-corrected chi connectivity index (χ3v) is 6.51. The van der Waals surface area contributed by atoms with Crippen molar-refractivity contribution < 1.29 is 9.53 Å². The highest BCUT2D eigenvalue weighted by atomic mass is 32.1. The van der Waals surface area contributed by atoms with Crippen molar-refractivity contribution in [3.05, 3.63) is 109 Å². The lowest BCUT2D eigenvalue weighted by atomic mass is 9.96. The number of allylic oxidation sites excluding steroid dienone is 1. The van der Waals surface area contributed by atoms with Crippen LogP contribution in [0.4, 0.5) is 0 Å². The van der Waals surface area contributed by atoms with Gasteiger partial charge in [0.25, 0.3) is 5.56 Å². The Morgan fingerprint density at radius 1 is 1.09 bits per heavy atom. The first kappa shape index (κ1) is 21.0. The van der Waals surface area contributed by atoms with Gasteiger partial charge in [0.2, 0.25) is 0 Å². The maximum absolute atomic E-state index is 13.6. The Hall–Kier alpha value is -3.84. The van der Waals surface area contributed by atoms with Crippen molar-refractivity contribution in [3.8, 4) is 0 Å². The second-order valence-electron chi connectivity index (χ2n) is 7.64. The number of esters is 1. The molecule has 6 nitrogen and oxygen atoms in total. The second kappa shape index (κ2) is 8.60. The highest BCUT2D eigenvalue weighted by Gasteiger charge is 2.33. The van der Waals surface area contributed by atoms with Gasteiger partial charge in [-0.05, 0) is 37.6 Å². The summed E-state index contributed by atoms with van der Waals surface area (Å²) in [5.41, 5.74) is 3.10. The molecule has 0 aliphatic carbocycles. The summed E-state index contributed by atoms with van der Waals surface area (Å²) in [5, 5.41) is 1.04. The van der Waals surface area contributed by atoms with Gasteiger partial charge in [0.05, 0.1) is 39.7 Å². The van der Waals surface area contributed by atoms with Crippen LogP contribution < -0.4 is 14.9 Å². The molecule has 4 aromatic rings. The highest BCUT2D eigenvalue weighted by Crippen LogP contribution is 2.30. The van der Waals surface area contributed by atoms with Gasteiger partial charge in [-0.15, -0.1) is 0 Å². The van der Waals surface area contributed by atoms with E-state index in [1.54, 1.807) is 24.5 Å². The Balaban J connectivity index is 1.71. The average Bonchev–Trinajstić information content (AvgIpc) is 3.13. The molecule has 1 atom stereocenters. The normalized spacial score (nSPS) is 15.9. The topological polar surface area (TPSA) is 73.6 Å². The number of rotatable bonds is 4. The third kappa shape index (κ3) is 3.81. The van der Waals surface area contributed by atoms with Crippen LogP contribution in [0.2, 0.25) is 0 Å². The molecular weight excluding hydrogens is 434 g/mol. The maximum atomic E-state index is 13.6. The van der Waals surface area contributed by atoms with Crippen LogP contribution in [0.3, 0.4) is 0 Å². The molecule has 0 spiro atoms. The molecule has 0 amide bonds. The first-order valence-corrected chi connectivity index (χ1v) is 11.5. The molecule has 0 radical (unpaired) electrons. The van der Waals surface area contributed by atoms with E-state index in [4.69, 9.17) is 4.74 Å². The van der Waals surface area contributed by atoms with E-state index in [2.05, 4.69) is 9.98 Å². The van der Waals surface area contributed by atoms with Crippen molar-refractivity contribution in [2.75, 3.05) is 6.61 Å². The Labute approximate surface area is 193 Å². The predicted octanol–water partition coefficient (Wildman–Crippen LogP) is 3.35. The molecule has 0 N–H and O–H groups in total. The van der Waals surface area contributed by atoms with Crippen LogP contribution in [0.5, 0.6) is 0 Å². The fourth-order valence-electron chi connectivity index (χ4n) is 4.04. The predicted molar refractivity (Wildman–Crippen MR) is 129 cm³/mol. The van der Waals surface area contributed by atoms with Crippen molar-refractivity contribution in [1.82, 2.24) is 9.55 Å². The minimum absolute atomic E-state index is 0.211. The molecule has 5 rings (SSSR count). The average molecular weight is 456 g/mol. The fraction of sp³-hybridized carbons (Fsp3) is 0.154. The number of pyridine rings is 1. The summed E-state index contributed by atoms with van der Waals surface area (Å²) in [4.78, 5) is 36.3. The molecule has 164 valence electrons. The largest absolute Gasteiger partial charge is 0.463 e. The van der Waals surface area contributed by atoms with E-state index in [0.717, 1.165) is 16.5 Å². The Morgan fingerprint density at radius 3 is 2.64 bits per heavy atom. The lowest BCUT2D eigenvalue weighted by Gasteiger charge is -2.24. The number of para-hydroxylation sites is 1. The van der Waals surface area contributed by atoms with E-state index in [1.807, 2.05) is 66.7 Å². The molecule has 33 heavy (non-hydrogen) atoms. The number of thiazole rings is 1. The zero-order valence-electron chi connectivity index (χ0n) is 18.2. The molecular formula is C26H21N3O3S. The van der Waals surface area contributed by atoms with Crippen LogP contribution >= 0.6 is 11.3 Å². The maximum Gasteiger partial charge on any atom is 0.338 e. The summed E-state index contributed by atoms with van der Waals surface area (Å²) in [6.07, 6.45) is 1.78. The zero-order valence-corrected chi connectivity index (χ0v) is 19.0. The number of carbonyl (C=O) groups excluding carboxylic acids is 1. The molecule has 1 aliphatic rings. The van der Waals surface area contributed by atoms with Gasteiger partial charge in [0.15, 0.2) is 4.80 Å². The monoisotopic (exact) mass is 455 g/mol. The van der Waals surface area contributed by atoms with Gasteiger partial charge >= 0.3 is 5.97 Å². The van der Waals surface area contributed by atoms with E-state index >= 15 is 0 Å². The van der Waals surface area contributed by atoms with Gasteiger partial charge in [0, 0.05) is 5.39 Å². The molecule has 0 unspecified atom stereocenters. The molecule has 2 aromatic carbocycles. The number of hydrogen-bond donors (Lipinski definition) is 0. The van der Waals surface area contributed by atoms with Gasteiger partial charge in [0.1, 0.15) is 0 Å². The number of nitrogens with zero attached hydrogens (tertiary/aromatic N) is 3. The standard InChI is InChI=1S/C26H21N3O3S/c1-3-32-25(31)22-16(2)27-26-29(23(22)18-10-5-4-6-11-18)24(30)21(33-26)15-19-14-13-17-9-7-8-12-20(17)28-19/h4-15,23H,3H2,1-2H3/b21-15-/t23-/m1/s1. The lowest BCUT2D eigenvalue weighted by molar-refractivity contribution is -0.139. The van der Waals surface area contributed by atoms with Crippen molar-refractivity contribution in [2.24, 2.45) is 4.99 Å². The van der Waals surface area contributed by atoms with E-state index in [0.29, 0.717) is 26.3 Å². The smallest absolute Gasteiger partial charge is 0.338 e. The Morgan fingerprint density at radius 2 is 1.85 bits per heavy atom. The summed E-state index contributed by atoms with van der Waals surface area (Å²) in [5.74, 6) is -0.460. The van der Waals surface area contributed by atoms with E-state index in [9.17, 15) is 9.59 Å². The molecule has 0 saturated heterocycles. The van der Waals surface area contributed by atoms with Crippen LogP contribution in [0.25, 0.3) is 17.0 Å². The summed E-state index contributed by atoms with van der Waals surface area (Å²) in [7, 11) is 0. The van der Waals surface area contributed by atoms with E-state index < -0.39 is 12.0 Å². The van der Waals surface area contributed by atoms with Gasteiger partial charge in [-0.25, -0.2) is 14.8 Å². The van der Waals surface area contributed by atoms with Gasteiger partial charge in [-0.3, -0.25) is 9.36 Å². The minimum Gasteiger partial charge on any atom is -0.463 e. The number of carbonyl (C=O) groups is 1. The summed E-state index contributed by atoms with van der Waals surface area (Å²) < 4.78 is 7.41. The van der Waals surface area contributed by atoms with Crippen LogP contribution in [0, 0.1) is 0 Å². The number of hydrogen-bond acceptors (Lipinski definition) is 6.